The fourth-order valence-corrected chi connectivity index (χ4v) is 1.36. The molecule has 1 fully saturated rings. The van der Waals surface area contributed by atoms with Crippen LogP contribution in [0.4, 0.5) is 13.2 Å². The lowest BCUT2D eigenvalue weighted by molar-refractivity contribution is -0.173. The maximum atomic E-state index is 12.0. The average molecular weight is 169 g/mol. The quantitative estimate of drug-likeness (QED) is 0.574. The van der Waals surface area contributed by atoms with Crippen LogP contribution in [0, 0.1) is 0 Å². The minimum absolute atomic E-state index is 0.115. The molecule has 0 saturated carbocycles. The Bertz CT molecular complexity index is 147. The van der Waals surface area contributed by atoms with Crippen LogP contribution in [0.3, 0.4) is 0 Å². The standard InChI is InChI=1S/C6H10F3NO/c1-10-3-4(11)2-5(10)6(7,8)9/h4-5,11H,2-3H2,1H3. The molecule has 0 aliphatic carbocycles. The van der Waals surface area contributed by atoms with E-state index in [0.717, 1.165) is 4.90 Å². The number of nitrogens with zero attached hydrogens (tertiary/aromatic N) is 1. The molecule has 0 spiro atoms. The zero-order valence-electron chi connectivity index (χ0n) is 6.10. The summed E-state index contributed by atoms with van der Waals surface area (Å²) in [4.78, 5) is 1.13. The van der Waals surface area contributed by atoms with E-state index < -0.39 is 18.3 Å². The Morgan fingerprint density at radius 2 is 2.00 bits per heavy atom. The van der Waals surface area contributed by atoms with Gasteiger partial charge in [-0.2, -0.15) is 13.2 Å². The molecule has 66 valence electrons. The SMILES string of the molecule is CN1CC(O)CC1C(F)(F)F. The summed E-state index contributed by atoms with van der Waals surface area (Å²) < 4.78 is 36.1. The van der Waals surface area contributed by atoms with Gasteiger partial charge in [-0.1, -0.05) is 0 Å². The van der Waals surface area contributed by atoms with E-state index in [1.54, 1.807) is 0 Å². The third kappa shape index (κ3) is 1.84. The summed E-state index contributed by atoms with van der Waals surface area (Å²) in [5, 5.41) is 8.89. The number of aliphatic hydroxyl groups is 1. The number of halogens is 3. The average Bonchev–Trinajstić information content (AvgIpc) is 2.08. The first kappa shape index (κ1) is 8.80. The lowest BCUT2D eigenvalue weighted by Gasteiger charge is -2.21. The van der Waals surface area contributed by atoms with Crippen molar-refractivity contribution < 1.29 is 18.3 Å². The van der Waals surface area contributed by atoms with Crippen molar-refractivity contribution in [1.82, 2.24) is 4.90 Å². The first-order valence-corrected chi connectivity index (χ1v) is 3.36. The van der Waals surface area contributed by atoms with Gasteiger partial charge in [-0.15, -0.1) is 0 Å². The van der Waals surface area contributed by atoms with E-state index in [4.69, 9.17) is 5.11 Å². The van der Waals surface area contributed by atoms with Crippen molar-refractivity contribution >= 4 is 0 Å². The van der Waals surface area contributed by atoms with Crippen LogP contribution >= 0.6 is 0 Å². The van der Waals surface area contributed by atoms with E-state index in [2.05, 4.69) is 0 Å². The van der Waals surface area contributed by atoms with Gasteiger partial charge in [-0.25, -0.2) is 0 Å². The van der Waals surface area contributed by atoms with Crippen LogP contribution in [0.2, 0.25) is 0 Å². The first-order chi connectivity index (χ1) is 4.91. The second kappa shape index (κ2) is 2.64. The number of hydrogen-bond acceptors (Lipinski definition) is 2. The van der Waals surface area contributed by atoms with Crippen molar-refractivity contribution in [2.24, 2.45) is 0 Å². The van der Waals surface area contributed by atoms with Crippen LogP contribution in [0.15, 0.2) is 0 Å². The second-order valence-corrected chi connectivity index (χ2v) is 2.89. The van der Waals surface area contributed by atoms with Gasteiger partial charge in [0.05, 0.1) is 6.10 Å². The number of alkyl halides is 3. The molecule has 0 amide bonds. The van der Waals surface area contributed by atoms with Crippen molar-refractivity contribution in [2.45, 2.75) is 24.7 Å². The normalized spacial score (nSPS) is 34.6. The molecule has 2 nitrogen and oxygen atoms in total. The van der Waals surface area contributed by atoms with Crippen molar-refractivity contribution in [2.75, 3.05) is 13.6 Å². The largest absolute Gasteiger partial charge is 0.404 e. The molecule has 0 bridgehead atoms. The summed E-state index contributed by atoms with van der Waals surface area (Å²) in [6.45, 7) is 0.115. The molecule has 2 atom stereocenters. The topological polar surface area (TPSA) is 23.5 Å². The van der Waals surface area contributed by atoms with Crippen LogP contribution in [-0.2, 0) is 0 Å². The highest BCUT2D eigenvalue weighted by atomic mass is 19.4. The van der Waals surface area contributed by atoms with Gasteiger partial charge in [0.15, 0.2) is 0 Å². The zero-order chi connectivity index (χ0) is 8.65. The van der Waals surface area contributed by atoms with Gasteiger partial charge < -0.3 is 5.11 Å². The fourth-order valence-electron chi connectivity index (χ4n) is 1.36. The molecule has 5 heteroatoms. The highest BCUT2D eigenvalue weighted by Gasteiger charge is 2.47. The van der Waals surface area contributed by atoms with Gasteiger partial charge in [0.1, 0.15) is 6.04 Å². The molecule has 1 N–H and O–H groups in total. The van der Waals surface area contributed by atoms with Crippen molar-refractivity contribution in [1.29, 1.82) is 0 Å². The minimum Gasteiger partial charge on any atom is -0.392 e. The number of rotatable bonds is 0. The molecule has 1 rings (SSSR count). The molecular formula is C6H10F3NO. The van der Waals surface area contributed by atoms with Gasteiger partial charge in [0.2, 0.25) is 0 Å². The molecule has 1 aliphatic heterocycles. The Balaban J connectivity index is 2.60. The summed E-state index contributed by atoms with van der Waals surface area (Å²) in [5.74, 6) is 0. The minimum atomic E-state index is -4.20. The summed E-state index contributed by atoms with van der Waals surface area (Å²) >= 11 is 0. The second-order valence-electron chi connectivity index (χ2n) is 2.89. The van der Waals surface area contributed by atoms with Gasteiger partial charge in [0.25, 0.3) is 0 Å². The monoisotopic (exact) mass is 169 g/mol. The van der Waals surface area contributed by atoms with E-state index in [0.29, 0.717) is 0 Å². The number of hydrogen-bond donors (Lipinski definition) is 1. The van der Waals surface area contributed by atoms with Crippen LogP contribution in [-0.4, -0.2) is 41.9 Å². The molecule has 2 unspecified atom stereocenters. The zero-order valence-corrected chi connectivity index (χ0v) is 6.10. The molecule has 0 aromatic carbocycles. The van der Waals surface area contributed by atoms with Gasteiger partial charge >= 0.3 is 6.18 Å². The van der Waals surface area contributed by atoms with E-state index in [-0.39, 0.29) is 13.0 Å². The molecule has 0 radical (unpaired) electrons. The van der Waals surface area contributed by atoms with Crippen LogP contribution in [0.5, 0.6) is 0 Å². The summed E-state index contributed by atoms with van der Waals surface area (Å²) in [6.07, 6.45) is -5.22. The highest BCUT2D eigenvalue weighted by molar-refractivity contribution is 4.87. The van der Waals surface area contributed by atoms with Gasteiger partial charge in [-0.05, 0) is 13.5 Å². The summed E-state index contributed by atoms with van der Waals surface area (Å²) in [5.41, 5.74) is 0. The number of aliphatic hydroxyl groups excluding tert-OH is 1. The van der Waals surface area contributed by atoms with Crippen LogP contribution in [0.1, 0.15) is 6.42 Å². The molecule has 0 aromatic rings. The van der Waals surface area contributed by atoms with E-state index >= 15 is 0 Å². The first-order valence-electron chi connectivity index (χ1n) is 3.36. The van der Waals surface area contributed by atoms with E-state index in [1.807, 2.05) is 0 Å². The Labute approximate surface area is 62.6 Å². The molecule has 11 heavy (non-hydrogen) atoms. The van der Waals surface area contributed by atoms with Crippen LogP contribution < -0.4 is 0 Å². The molecule has 1 aliphatic rings. The summed E-state index contributed by atoms with van der Waals surface area (Å²) in [7, 11) is 1.37. The molecular weight excluding hydrogens is 159 g/mol. The number of likely N-dealkylation sites (tertiary alicyclic amines) is 1. The molecule has 0 aromatic heterocycles. The Morgan fingerprint density at radius 1 is 1.45 bits per heavy atom. The van der Waals surface area contributed by atoms with Crippen molar-refractivity contribution in [3.8, 4) is 0 Å². The Morgan fingerprint density at radius 3 is 2.18 bits per heavy atom. The molecule has 1 heterocycles. The van der Waals surface area contributed by atoms with E-state index in [9.17, 15) is 13.2 Å². The van der Waals surface area contributed by atoms with Crippen molar-refractivity contribution in [3.05, 3.63) is 0 Å². The number of likely N-dealkylation sites (N-methyl/N-ethyl adjacent to an activating group) is 1. The van der Waals surface area contributed by atoms with Gasteiger partial charge in [0, 0.05) is 6.54 Å². The maximum absolute atomic E-state index is 12.0. The van der Waals surface area contributed by atoms with Crippen LogP contribution in [0.25, 0.3) is 0 Å². The Hall–Kier alpha value is -0.290. The lowest BCUT2D eigenvalue weighted by Crippen LogP contribution is -2.38. The fraction of sp³-hybridized carbons (Fsp3) is 1.00. The number of β-amino-alcohol motifs (C(OH)–C–C–N with tert-alkyl or cyclic N) is 1. The smallest absolute Gasteiger partial charge is 0.392 e. The maximum Gasteiger partial charge on any atom is 0.404 e. The highest BCUT2D eigenvalue weighted by Crippen LogP contribution is 2.31. The third-order valence-electron chi connectivity index (χ3n) is 1.90. The Kier molecular flexibility index (Phi) is 2.11. The third-order valence-corrected chi connectivity index (χ3v) is 1.90. The molecule has 1 saturated heterocycles. The van der Waals surface area contributed by atoms with Crippen molar-refractivity contribution in [3.63, 3.8) is 0 Å². The predicted molar refractivity (Wildman–Crippen MR) is 33.1 cm³/mol. The van der Waals surface area contributed by atoms with Gasteiger partial charge in [-0.3, -0.25) is 4.90 Å². The van der Waals surface area contributed by atoms with E-state index in [1.165, 1.54) is 7.05 Å². The summed E-state index contributed by atoms with van der Waals surface area (Å²) in [6, 6.07) is -1.46. The lowest BCUT2D eigenvalue weighted by atomic mass is 10.2. The predicted octanol–water partition coefficient (Wildman–Crippen LogP) is 0.614.